The van der Waals surface area contributed by atoms with Crippen molar-refractivity contribution in [2.45, 2.75) is 37.8 Å². The molecule has 0 saturated heterocycles. The van der Waals surface area contributed by atoms with Crippen molar-refractivity contribution in [1.82, 2.24) is 0 Å². The summed E-state index contributed by atoms with van der Waals surface area (Å²) in [6.07, 6.45) is -4.08. The van der Waals surface area contributed by atoms with Gasteiger partial charge in [0.15, 0.2) is 27.3 Å². The summed E-state index contributed by atoms with van der Waals surface area (Å²) in [6, 6.07) is 3.49. The van der Waals surface area contributed by atoms with Crippen molar-refractivity contribution in [2.24, 2.45) is 11.3 Å². The minimum absolute atomic E-state index is 0.379. The van der Waals surface area contributed by atoms with Gasteiger partial charge < -0.3 is 0 Å². The number of sulfone groups is 1. The van der Waals surface area contributed by atoms with E-state index in [0.717, 1.165) is 12.1 Å². The van der Waals surface area contributed by atoms with Gasteiger partial charge in [0.05, 0.1) is 22.3 Å². The van der Waals surface area contributed by atoms with Crippen LogP contribution in [0.5, 0.6) is 0 Å². The molecule has 5 nitrogen and oxygen atoms in total. The monoisotopic (exact) mass is 387 g/mol. The largest absolute Gasteiger partial charge is 0.417 e. The molecule has 1 aromatic rings. The number of rotatable bonds is 6. The molecule has 1 unspecified atom stereocenters. The molecular weight excluding hydrogens is 371 g/mol. The number of carbonyl (C=O) groups is 2. The predicted molar refractivity (Wildman–Crippen MR) is 85.0 cm³/mol. The zero-order valence-corrected chi connectivity index (χ0v) is 14.9. The number of Topliss-reactive ketones (excluding diaryl/α,β-unsaturated/α-hetero) is 2. The molecule has 0 radical (unpaired) electrons. The molecule has 1 aromatic carbocycles. The molecule has 0 aliphatic heterocycles. The number of carbonyl (C=O) groups excluding carboxylic acids is 2. The Labute approximate surface area is 148 Å². The van der Waals surface area contributed by atoms with Gasteiger partial charge >= 0.3 is 6.18 Å². The van der Waals surface area contributed by atoms with Crippen LogP contribution < -0.4 is 0 Å². The molecule has 26 heavy (non-hydrogen) atoms. The molecule has 1 fully saturated rings. The van der Waals surface area contributed by atoms with Crippen molar-refractivity contribution < 1.29 is 31.2 Å². The third kappa shape index (κ3) is 3.65. The lowest BCUT2D eigenvalue weighted by atomic mass is 9.85. The van der Waals surface area contributed by atoms with E-state index in [2.05, 4.69) is 0 Å². The van der Waals surface area contributed by atoms with E-state index in [0.29, 0.717) is 18.9 Å². The van der Waals surface area contributed by atoms with E-state index in [-0.39, 0.29) is 0 Å². The van der Waals surface area contributed by atoms with Gasteiger partial charge in [-0.1, -0.05) is 13.8 Å². The van der Waals surface area contributed by atoms with Crippen molar-refractivity contribution >= 4 is 21.4 Å². The molecule has 140 valence electrons. The minimum atomic E-state index is -5.02. The van der Waals surface area contributed by atoms with E-state index in [9.17, 15) is 31.2 Å². The van der Waals surface area contributed by atoms with Crippen LogP contribution >= 0.6 is 0 Å². The Morgan fingerprint density at radius 1 is 1.31 bits per heavy atom. The third-order valence-electron chi connectivity index (χ3n) is 4.55. The number of hydrogen-bond donors (Lipinski definition) is 0. The fraction of sp³-hybridized carbons (Fsp3) is 0.471. The maximum atomic E-state index is 13.4. The van der Waals surface area contributed by atoms with Crippen molar-refractivity contribution in [1.29, 1.82) is 5.26 Å². The highest BCUT2D eigenvalue weighted by Crippen LogP contribution is 2.48. The Hall–Kier alpha value is -2.21. The number of halogens is 3. The summed E-state index contributed by atoms with van der Waals surface area (Å²) in [5, 5.41) is 9.17. The van der Waals surface area contributed by atoms with E-state index in [1.165, 1.54) is 13.0 Å². The molecule has 1 atom stereocenters. The maximum Gasteiger partial charge on any atom is 0.417 e. The van der Waals surface area contributed by atoms with Crippen molar-refractivity contribution in [3.05, 3.63) is 29.3 Å². The van der Waals surface area contributed by atoms with Crippen LogP contribution in [0.1, 0.15) is 42.6 Å². The van der Waals surface area contributed by atoms with Gasteiger partial charge in [-0.3, -0.25) is 9.59 Å². The van der Waals surface area contributed by atoms with Crippen LogP contribution in [-0.2, 0) is 20.8 Å². The zero-order chi connectivity index (χ0) is 19.9. The van der Waals surface area contributed by atoms with Crippen LogP contribution in [0.25, 0.3) is 0 Å². The summed E-state index contributed by atoms with van der Waals surface area (Å²) in [5.74, 6) is -4.23. The van der Waals surface area contributed by atoms with Crippen LogP contribution in [-0.4, -0.2) is 25.7 Å². The summed E-state index contributed by atoms with van der Waals surface area (Å²) in [4.78, 5) is 24.2. The average Bonchev–Trinajstić information content (AvgIpc) is 3.32. The molecule has 0 amide bonds. The molecular formula is C17H16F3NO4S. The molecule has 0 heterocycles. The third-order valence-corrected chi connectivity index (χ3v) is 6.28. The SMILES string of the molecule is CCS(=O)(=O)c1ccc(C(=O)C(C#N)C(=O)C2(C)CC2)c(C(F)(F)F)c1. The van der Waals surface area contributed by atoms with E-state index in [1.54, 1.807) is 6.92 Å². The van der Waals surface area contributed by atoms with Crippen molar-refractivity contribution in [2.75, 3.05) is 5.75 Å². The molecule has 0 aromatic heterocycles. The first-order valence-electron chi connectivity index (χ1n) is 7.79. The highest BCUT2D eigenvalue weighted by molar-refractivity contribution is 7.91. The van der Waals surface area contributed by atoms with Crippen LogP contribution in [0.4, 0.5) is 13.2 Å². The lowest BCUT2D eigenvalue weighted by Gasteiger charge is -2.17. The van der Waals surface area contributed by atoms with Gasteiger partial charge in [0, 0.05) is 11.0 Å². The van der Waals surface area contributed by atoms with Crippen molar-refractivity contribution in [3.63, 3.8) is 0 Å². The van der Waals surface area contributed by atoms with E-state index in [1.807, 2.05) is 0 Å². The standard InChI is InChI=1S/C17H16F3NO4S/c1-3-26(24,25)10-4-5-11(13(8-10)17(18,19)20)14(22)12(9-21)15(23)16(2)6-7-16/h4-5,8,12H,3,6-7H2,1-2H3. The van der Waals surface area contributed by atoms with Crippen LogP contribution in [0.15, 0.2) is 23.1 Å². The van der Waals surface area contributed by atoms with Gasteiger partial charge in [-0.2, -0.15) is 18.4 Å². The highest BCUT2D eigenvalue weighted by atomic mass is 32.2. The molecule has 0 N–H and O–H groups in total. The molecule has 1 saturated carbocycles. The summed E-state index contributed by atoms with van der Waals surface area (Å²) in [6.45, 7) is 2.83. The topological polar surface area (TPSA) is 92.1 Å². The number of alkyl halides is 3. The summed E-state index contributed by atoms with van der Waals surface area (Å²) < 4.78 is 63.8. The molecule has 9 heteroatoms. The number of nitrogens with zero attached hydrogens (tertiary/aromatic N) is 1. The second-order valence-electron chi connectivity index (χ2n) is 6.46. The van der Waals surface area contributed by atoms with Gasteiger partial charge in [0.2, 0.25) is 0 Å². The molecule has 2 rings (SSSR count). The Balaban J connectivity index is 2.56. The van der Waals surface area contributed by atoms with Gasteiger partial charge in [-0.15, -0.1) is 0 Å². The summed E-state index contributed by atoms with van der Waals surface area (Å²) in [5.41, 5.74) is -3.21. The van der Waals surface area contributed by atoms with E-state index in [4.69, 9.17) is 5.26 Å². The number of benzene rings is 1. The Morgan fingerprint density at radius 3 is 2.31 bits per heavy atom. The maximum absolute atomic E-state index is 13.4. The fourth-order valence-corrected chi connectivity index (χ4v) is 3.41. The second kappa shape index (κ2) is 6.50. The molecule has 0 bridgehead atoms. The Morgan fingerprint density at radius 2 is 1.88 bits per heavy atom. The number of hydrogen-bond acceptors (Lipinski definition) is 5. The van der Waals surface area contributed by atoms with Gasteiger partial charge in [-0.25, -0.2) is 8.42 Å². The van der Waals surface area contributed by atoms with Crippen LogP contribution in [0.2, 0.25) is 0 Å². The Kier molecular flexibility index (Phi) is 5.03. The molecule has 1 aliphatic carbocycles. The highest BCUT2D eigenvalue weighted by Gasteiger charge is 2.50. The number of ketones is 2. The first-order chi connectivity index (χ1) is 11.9. The van der Waals surface area contributed by atoms with E-state index < -0.39 is 60.7 Å². The first-order valence-corrected chi connectivity index (χ1v) is 9.45. The summed E-state index contributed by atoms with van der Waals surface area (Å²) >= 11 is 0. The second-order valence-corrected chi connectivity index (χ2v) is 8.74. The normalized spacial score (nSPS) is 17.2. The average molecular weight is 387 g/mol. The van der Waals surface area contributed by atoms with E-state index >= 15 is 0 Å². The Bertz CT molecular complexity index is 909. The zero-order valence-electron chi connectivity index (χ0n) is 14.1. The first kappa shape index (κ1) is 20.1. The van der Waals surface area contributed by atoms with Gasteiger partial charge in [0.25, 0.3) is 0 Å². The smallest absolute Gasteiger partial charge is 0.297 e. The fourth-order valence-electron chi connectivity index (χ4n) is 2.51. The minimum Gasteiger partial charge on any atom is -0.297 e. The summed E-state index contributed by atoms with van der Waals surface area (Å²) in [7, 11) is -3.92. The lowest BCUT2D eigenvalue weighted by Crippen LogP contribution is -2.30. The van der Waals surface area contributed by atoms with Crippen LogP contribution in [0.3, 0.4) is 0 Å². The van der Waals surface area contributed by atoms with Gasteiger partial charge in [-0.05, 0) is 31.0 Å². The lowest BCUT2D eigenvalue weighted by molar-refractivity contribution is -0.138. The van der Waals surface area contributed by atoms with Gasteiger partial charge in [0.1, 0.15) is 0 Å². The predicted octanol–water partition coefficient (Wildman–Crippen LogP) is 3.19. The molecule has 0 spiro atoms. The quantitative estimate of drug-likeness (QED) is 0.552. The number of nitriles is 1. The molecule has 1 aliphatic rings. The van der Waals surface area contributed by atoms with Crippen molar-refractivity contribution in [3.8, 4) is 6.07 Å². The van der Waals surface area contributed by atoms with Crippen LogP contribution in [0, 0.1) is 22.7 Å².